The van der Waals surface area contributed by atoms with Crippen LogP contribution < -0.4 is 10.6 Å². The maximum atomic E-state index is 12.2. The van der Waals surface area contributed by atoms with Crippen LogP contribution >= 0.6 is 0 Å². The summed E-state index contributed by atoms with van der Waals surface area (Å²) in [7, 11) is 0. The summed E-state index contributed by atoms with van der Waals surface area (Å²) in [6.07, 6.45) is 4.81. The minimum Gasteiger partial charge on any atom is -0.390 e. The second kappa shape index (κ2) is 8.89. The van der Waals surface area contributed by atoms with Crippen molar-refractivity contribution in [3.63, 3.8) is 0 Å². The monoisotopic (exact) mass is 299 g/mol. The van der Waals surface area contributed by atoms with Gasteiger partial charge in [-0.05, 0) is 38.3 Å². The third-order valence-corrected chi connectivity index (χ3v) is 3.45. The summed E-state index contributed by atoms with van der Waals surface area (Å²) in [4.78, 5) is 12.2. The lowest BCUT2D eigenvalue weighted by molar-refractivity contribution is -0.112. The fourth-order valence-corrected chi connectivity index (χ4v) is 2.36. The maximum absolute atomic E-state index is 12.2. The number of hydrogen-bond acceptors (Lipinski definition) is 3. The van der Waals surface area contributed by atoms with E-state index in [1.165, 1.54) is 6.20 Å². The van der Waals surface area contributed by atoms with Crippen LogP contribution in [0.15, 0.2) is 23.9 Å². The Bertz CT molecular complexity index is 574. The van der Waals surface area contributed by atoms with Crippen LogP contribution in [0.4, 0.5) is 5.69 Å². The molecule has 0 heterocycles. The van der Waals surface area contributed by atoms with Crippen LogP contribution in [0, 0.1) is 32.1 Å². The zero-order valence-corrected chi connectivity index (χ0v) is 13.9. The molecule has 0 unspecified atom stereocenters. The molecular weight excluding hydrogens is 274 g/mol. The molecule has 1 amide bonds. The minimum absolute atomic E-state index is 0.0934. The van der Waals surface area contributed by atoms with E-state index >= 15 is 0 Å². The molecular formula is C18H25N3O. The molecule has 0 radical (unpaired) electrons. The lowest BCUT2D eigenvalue weighted by atomic mass is 10.0. The molecule has 0 atom stereocenters. The third kappa shape index (κ3) is 5.25. The van der Waals surface area contributed by atoms with Crippen molar-refractivity contribution in [2.45, 2.75) is 47.0 Å². The van der Waals surface area contributed by atoms with Crippen molar-refractivity contribution >= 4 is 11.6 Å². The number of rotatable bonds is 7. The van der Waals surface area contributed by atoms with E-state index in [0.717, 1.165) is 48.2 Å². The summed E-state index contributed by atoms with van der Waals surface area (Å²) < 4.78 is 0. The molecule has 1 rings (SSSR count). The fourth-order valence-electron chi connectivity index (χ4n) is 2.36. The smallest absolute Gasteiger partial charge is 0.267 e. The molecule has 0 spiro atoms. The van der Waals surface area contributed by atoms with Gasteiger partial charge in [-0.3, -0.25) is 4.79 Å². The van der Waals surface area contributed by atoms with Crippen LogP contribution in [0.2, 0.25) is 0 Å². The Morgan fingerprint density at radius 1 is 1.23 bits per heavy atom. The van der Waals surface area contributed by atoms with Gasteiger partial charge < -0.3 is 10.6 Å². The van der Waals surface area contributed by atoms with Crippen LogP contribution in [0.5, 0.6) is 0 Å². The predicted octanol–water partition coefficient (Wildman–Crippen LogP) is 3.74. The zero-order valence-electron chi connectivity index (χ0n) is 13.9. The van der Waals surface area contributed by atoms with Gasteiger partial charge in [0.1, 0.15) is 11.6 Å². The zero-order chi connectivity index (χ0) is 16.5. The molecule has 0 aliphatic carbocycles. The number of carbonyl (C=O) groups is 1. The number of hydrogen-bond donors (Lipinski definition) is 2. The van der Waals surface area contributed by atoms with Gasteiger partial charge in [0.25, 0.3) is 5.91 Å². The predicted molar refractivity (Wildman–Crippen MR) is 90.5 cm³/mol. The van der Waals surface area contributed by atoms with Crippen molar-refractivity contribution in [1.29, 1.82) is 5.26 Å². The first-order valence-electron chi connectivity index (χ1n) is 7.72. The highest BCUT2D eigenvalue weighted by atomic mass is 16.1. The van der Waals surface area contributed by atoms with Gasteiger partial charge in [-0.1, -0.05) is 37.5 Å². The molecule has 1 aromatic carbocycles. The second-order valence-electron chi connectivity index (χ2n) is 5.56. The molecule has 0 aliphatic rings. The number of aryl methyl sites for hydroxylation is 3. The van der Waals surface area contributed by atoms with Gasteiger partial charge in [-0.15, -0.1) is 0 Å². The topological polar surface area (TPSA) is 64.9 Å². The van der Waals surface area contributed by atoms with Gasteiger partial charge in [-0.25, -0.2) is 0 Å². The molecule has 118 valence electrons. The molecule has 0 saturated heterocycles. The summed E-state index contributed by atoms with van der Waals surface area (Å²) in [5.74, 6) is -0.374. The first-order valence-corrected chi connectivity index (χ1v) is 7.72. The van der Waals surface area contributed by atoms with Crippen LogP contribution in [-0.4, -0.2) is 12.5 Å². The molecule has 2 N–H and O–H groups in total. The highest BCUT2D eigenvalue weighted by molar-refractivity contribution is 6.07. The molecule has 0 aromatic heterocycles. The molecule has 0 aliphatic heterocycles. The number of amides is 1. The average molecular weight is 299 g/mol. The summed E-state index contributed by atoms with van der Waals surface area (Å²) in [5.41, 5.74) is 4.03. The van der Waals surface area contributed by atoms with Crippen molar-refractivity contribution in [2.75, 3.05) is 11.9 Å². The summed E-state index contributed by atoms with van der Waals surface area (Å²) in [6, 6.07) is 5.98. The van der Waals surface area contributed by atoms with Crippen molar-refractivity contribution in [2.24, 2.45) is 0 Å². The summed E-state index contributed by atoms with van der Waals surface area (Å²) >= 11 is 0. The van der Waals surface area contributed by atoms with Gasteiger partial charge in [0.05, 0.1) is 0 Å². The number of unbranched alkanes of at least 4 members (excludes halogenated alkanes) is 2. The highest BCUT2D eigenvalue weighted by Gasteiger charge is 2.12. The van der Waals surface area contributed by atoms with Gasteiger partial charge in [-0.2, -0.15) is 5.26 Å². The SMILES string of the molecule is CCCCCN/C=C(/C#N)C(=O)Nc1c(C)cc(C)cc1C. The Morgan fingerprint density at radius 3 is 2.41 bits per heavy atom. The first-order chi connectivity index (χ1) is 10.5. The lowest BCUT2D eigenvalue weighted by Crippen LogP contribution is -2.18. The normalized spacial score (nSPS) is 11.0. The minimum atomic E-state index is -0.374. The third-order valence-electron chi connectivity index (χ3n) is 3.45. The standard InChI is InChI=1S/C18H25N3O/c1-5-6-7-8-20-12-16(11-19)18(22)21-17-14(3)9-13(2)10-15(17)4/h9-10,12,20H,5-8H2,1-4H3,(H,21,22)/b16-12-. The molecule has 0 fully saturated rings. The number of carbonyl (C=O) groups excluding carboxylic acids is 1. The Hall–Kier alpha value is -2.28. The van der Waals surface area contributed by atoms with Crippen molar-refractivity contribution in [3.05, 3.63) is 40.6 Å². The van der Waals surface area contributed by atoms with E-state index in [9.17, 15) is 4.79 Å². The average Bonchev–Trinajstić information content (AvgIpc) is 2.46. The highest BCUT2D eigenvalue weighted by Crippen LogP contribution is 2.22. The Balaban J connectivity index is 2.74. The van der Waals surface area contributed by atoms with Gasteiger partial charge >= 0.3 is 0 Å². The van der Waals surface area contributed by atoms with E-state index < -0.39 is 0 Å². The molecule has 0 bridgehead atoms. The van der Waals surface area contributed by atoms with Crippen molar-refractivity contribution < 1.29 is 4.79 Å². The number of nitriles is 1. The Kier molecular flexibility index (Phi) is 7.18. The van der Waals surface area contributed by atoms with Crippen LogP contribution in [0.1, 0.15) is 42.9 Å². The Morgan fingerprint density at radius 2 is 1.86 bits per heavy atom. The van der Waals surface area contributed by atoms with E-state index in [0.29, 0.717) is 0 Å². The maximum Gasteiger partial charge on any atom is 0.267 e. The lowest BCUT2D eigenvalue weighted by Gasteiger charge is -2.12. The first kappa shape index (κ1) is 17.8. The van der Waals surface area contributed by atoms with E-state index in [2.05, 4.69) is 17.6 Å². The van der Waals surface area contributed by atoms with Crippen LogP contribution in [0.25, 0.3) is 0 Å². The second-order valence-corrected chi connectivity index (χ2v) is 5.56. The summed E-state index contributed by atoms with van der Waals surface area (Å²) in [6.45, 7) is 8.83. The molecule has 4 nitrogen and oxygen atoms in total. The largest absolute Gasteiger partial charge is 0.390 e. The van der Waals surface area contributed by atoms with E-state index in [1.807, 2.05) is 39.0 Å². The van der Waals surface area contributed by atoms with E-state index in [1.54, 1.807) is 0 Å². The van der Waals surface area contributed by atoms with Gasteiger partial charge in [0.2, 0.25) is 0 Å². The molecule has 22 heavy (non-hydrogen) atoms. The quantitative estimate of drug-likeness (QED) is 0.458. The van der Waals surface area contributed by atoms with Crippen molar-refractivity contribution in [3.8, 4) is 6.07 Å². The van der Waals surface area contributed by atoms with E-state index in [4.69, 9.17) is 5.26 Å². The summed E-state index contributed by atoms with van der Waals surface area (Å²) in [5, 5.41) is 15.0. The van der Waals surface area contributed by atoms with Crippen molar-refractivity contribution in [1.82, 2.24) is 5.32 Å². The Labute approximate surface area is 133 Å². The van der Waals surface area contributed by atoms with E-state index in [-0.39, 0.29) is 11.5 Å². The molecule has 0 saturated carbocycles. The van der Waals surface area contributed by atoms with Crippen LogP contribution in [-0.2, 0) is 4.79 Å². The molecule has 4 heteroatoms. The van der Waals surface area contributed by atoms with Crippen LogP contribution in [0.3, 0.4) is 0 Å². The number of benzene rings is 1. The number of nitrogens with one attached hydrogen (secondary N) is 2. The van der Waals surface area contributed by atoms with Gasteiger partial charge in [0.15, 0.2) is 0 Å². The van der Waals surface area contributed by atoms with Gasteiger partial charge in [0, 0.05) is 18.4 Å². The number of nitrogens with zero attached hydrogens (tertiary/aromatic N) is 1. The molecule has 1 aromatic rings. The number of anilines is 1. The fraction of sp³-hybridized carbons (Fsp3) is 0.444.